The van der Waals surface area contributed by atoms with E-state index < -0.39 is 11.2 Å². The number of aromatic hydroxyl groups is 1. The number of hydrogen-bond acceptors (Lipinski definition) is 5. The zero-order valence-corrected chi connectivity index (χ0v) is 22.0. The normalized spacial score (nSPS) is 20.6. The van der Waals surface area contributed by atoms with E-state index in [4.69, 9.17) is 0 Å². The van der Waals surface area contributed by atoms with Crippen LogP contribution in [0.4, 0.5) is 5.69 Å². The van der Waals surface area contributed by atoms with Crippen LogP contribution >= 0.6 is 0 Å². The Labute approximate surface area is 216 Å². The van der Waals surface area contributed by atoms with Gasteiger partial charge in [-0.1, -0.05) is 56.2 Å². The van der Waals surface area contributed by atoms with Crippen LogP contribution in [-0.4, -0.2) is 25.9 Å². The lowest BCUT2D eigenvalue weighted by Crippen LogP contribution is -2.45. The Hall–Kier alpha value is -3.42. The topological polar surface area (TPSA) is 96.9 Å². The molecule has 8 heteroatoms. The van der Waals surface area contributed by atoms with E-state index >= 15 is 0 Å². The summed E-state index contributed by atoms with van der Waals surface area (Å²) in [6.07, 6.45) is 10.6. The molecule has 0 saturated heterocycles. The Balaban J connectivity index is 1.64. The highest BCUT2D eigenvalue weighted by Gasteiger charge is 2.33. The highest BCUT2D eigenvalue weighted by molar-refractivity contribution is 6.32. The molecule has 2 fully saturated rings. The molecule has 2 saturated carbocycles. The first-order chi connectivity index (χ1) is 17.8. The Morgan fingerprint density at radius 2 is 1.46 bits per heavy atom. The van der Waals surface area contributed by atoms with E-state index in [1.807, 2.05) is 32.0 Å². The van der Waals surface area contributed by atoms with Crippen LogP contribution in [0.1, 0.15) is 99.9 Å². The standard InChI is InChI=1S/C29H36N4O4/c1-18-14-15-25(19(2)16-18)33-28(36)23(20(3)30-33)17-24-26(34)31(21-10-6-4-7-11-21)29(37)32(27(24)35)22-12-8-5-9-13-22/h14-17,21-22,34H,4-13H2,1-3H3/b23-17-. The molecule has 1 amide bonds. The van der Waals surface area contributed by atoms with Gasteiger partial charge in [0.2, 0.25) is 5.88 Å². The van der Waals surface area contributed by atoms with Gasteiger partial charge in [0.25, 0.3) is 11.5 Å². The molecule has 1 aliphatic heterocycles. The van der Waals surface area contributed by atoms with E-state index in [0.717, 1.165) is 75.3 Å². The Morgan fingerprint density at radius 3 is 2.05 bits per heavy atom. The molecule has 2 aliphatic carbocycles. The van der Waals surface area contributed by atoms with Crippen molar-refractivity contribution in [2.24, 2.45) is 5.10 Å². The summed E-state index contributed by atoms with van der Waals surface area (Å²) in [6.45, 7) is 5.64. The molecule has 0 spiro atoms. The summed E-state index contributed by atoms with van der Waals surface area (Å²) in [5.74, 6) is -0.699. The Morgan fingerprint density at radius 1 is 0.865 bits per heavy atom. The summed E-state index contributed by atoms with van der Waals surface area (Å²) < 4.78 is 2.78. The van der Waals surface area contributed by atoms with Crippen molar-refractivity contribution in [3.05, 3.63) is 61.3 Å². The number of hydrogen-bond donors (Lipinski definition) is 1. The van der Waals surface area contributed by atoms with Crippen molar-refractivity contribution >= 4 is 23.4 Å². The van der Waals surface area contributed by atoms with E-state index in [0.29, 0.717) is 11.4 Å². The molecule has 5 rings (SSSR count). The molecule has 8 nitrogen and oxygen atoms in total. The molecular weight excluding hydrogens is 468 g/mol. The van der Waals surface area contributed by atoms with Crippen LogP contribution in [0.3, 0.4) is 0 Å². The SMILES string of the molecule is CC1=NN(c2ccc(C)cc2C)C(=O)/C1=C\c1c(O)n(C2CCCCC2)c(=O)n(C2CCCCC2)c1=O. The predicted octanol–water partition coefficient (Wildman–Crippen LogP) is 5.15. The third-order valence-corrected chi connectivity index (χ3v) is 8.14. The molecule has 0 unspecified atom stereocenters. The lowest BCUT2D eigenvalue weighted by atomic mass is 9.94. The van der Waals surface area contributed by atoms with Gasteiger partial charge in [0.15, 0.2) is 0 Å². The second kappa shape index (κ2) is 10.1. The largest absolute Gasteiger partial charge is 0.494 e. The van der Waals surface area contributed by atoms with Crippen molar-refractivity contribution in [1.29, 1.82) is 0 Å². The molecule has 3 aliphatic rings. The molecule has 0 atom stereocenters. The first-order valence-corrected chi connectivity index (χ1v) is 13.6. The lowest BCUT2D eigenvalue weighted by molar-refractivity contribution is -0.114. The number of benzene rings is 1. The minimum absolute atomic E-state index is 0.00359. The zero-order chi connectivity index (χ0) is 26.3. The summed E-state index contributed by atoms with van der Waals surface area (Å²) in [6, 6.07) is 5.43. The molecule has 0 radical (unpaired) electrons. The first kappa shape index (κ1) is 25.2. The Bertz CT molecular complexity index is 1400. The number of hydrazone groups is 1. The molecule has 0 bridgehead atoms. The minimum atomic E-state index is -0.528. The van der Waals surface area contributed by atoms with Crippen LogP contribution in [-0.2, 0) is 4.79 Å². The Kier molecular flexibility index (Phi) is 6.92. The maximum atomic E-state index is 13.8. The molecule has 196 valence electrons. The van der Waals surface area contributed by atoms with E-state index in [1.165, 1.54) is 20.2 Å². The molecule has 2 heterocycles. The van der Waals surface area contributed by atoms with Crippen LogP contribution in [0, 0.1) is 13.8 Å². The summed E-state index contributed by atoms with van der Waals surface area (Å²) in [4.78, 5) is 40.9. The van der Waals surface area contributed by atoms with Crippen LogP contribution in [0.5, 0.6) is 5.88 Å². The van der Waals surface area contributed by atoms with E-state index in [9.17, 15) is 19.5 Å². The van der Waals surface area contributed by atoms with Gasteiger partial charge in [0, 0.05) is 12.1 Å². The third-order valence-electron chi connectivity index (χ3n) is 8.14. The molecule has 1 N–H and O–H groups in total. The number of amides is 1. The smallest absolute Gasteiger partial charge is 0.334 e. The van der Waals surface area contributed by atoms with Gasteiger partial charge in [-0.25, -0.2) is 4.79 Å². The average Bonchev–Trinajstić information content (AvgIpc) is 3.16. The van der Waals surface area contributed by atoms with Gasteiger partial charge in [-0.15, -0.1) is 0 Å². The maximum Gasteiger partial charge on any atom is 0.334 e. The van der Waals surface area contributed by atoms with Crippen molar-refractivity contribution in [2.75, 3.05) is 5.01 Å². The number of aryl methyl sites for hydroxylation is 2. The molecular formula is C29H36N4O4. The summed E-state index contributed by atoms with van der Waals surface area (Å²) in [7, 11) is 0. The summed E-state index contributed by atoms with van der Waals surface area (Å²) in [5, 5.41) is 17.2. The van der Waals surface area contributed by atoms with Crippen molar-refractivity contribution in [1.82, 2.24) is 9.13 Å². The van der Waals surface area contributed by atoms with Crippen LogP contribution in [0.25, 0.3) is 6.08 Å². The van der Waals surface area contributed by atoms with Gasteiger partial charge in [0.1, 0.15) is 5.56 Å². The van der Waals surface area contributed by atoms with Crippen molar-refractivity contribution in [3.8, 4) is 5.88 Å². The quantitative estimate of drug-likeness (QED) is 0.583. The van der Waals surface area contributed by atoms with Gasteiger partial charge in [-0.05, 0) is 64.2 Å². The van der Waals surface area contributed by atoms with E-state index in [2.05, 4.69) is 5.10 Å². The fourth-order valence-corrected chi connectivity index (χ4v) is 6.14. The van der Waals surface area contributed by atoms with Crippen molar-refractivity contribution < 1.29 is 9.90 Å². The predicted molar refractivity (Wildman–Crippen MR) is 145 cm³/mol. The third kappa shape index (κ3) is 4.58. The molecule has 1 aromatic carbocycles. The number of rotatable bonds is 4. The number of anilines is 1. The van der Waals surface area contributed by atoms with Crippen LogP contribution in [0.2, 0.25) is 0 Å². The fraction of sp³-hybridized carbons (Fsp3) is 0.517. The highest BCUT2D eigenvalue weighted by Crippen LogP contribution is 2.34. The van der Waals surface area contributed by atoms with Crippen LogP contribution in [0.15, 0.2) is 38.5 Å². The monoisotopic (exact) mass is 504 g/mol. The maximum absolute atomic E-state index is 13.8. The van der Waals surface area contributed by atoms with Crippen molar-refractivity contribution in [2.45, 2.75) is 97.1 Å². The zero-order valence-electron chi connectivity index (χ0n) is 22.0. The number of aromatic nitrogens is 2. The van der Waals surface area contributed by atoms with Crippen LogP contribution < -0.4 is 16.3 Å². The van der Waals surface area contributed by atoms with E-state index in [-0.39, 0.29) is 35.0 Å². The highest BCUT2D eigenvalue weighted by atomic mass is 16.3. The first-order valence-electron chi connectivity index (χ1n) is 13.6. The second-order valence-corrected chi connectivity index (χ2v) is 10.8. The lowest BCUT2D eigenvalue weighted by Gasteiger charge is -2.29. The van der Waals surface area contributed by atoms with Crippen molar-refractivity contribution in [3.63, 3.8) is 0 Å². The number of nitrogens with zero attached hydrogens (tertiary/aromatic N) is 4. The summed E-state index contributed by atoms with van der Waals surface area (Å²) >= 11 is 0. The number of carbonyl (C=O) groups excluding carboxylic acids is 1. The summed E-state index contributed by atoms with van der Waals surface area (Å²) in [5.41, 5.74) is 2.43. The van der Waals surface area contributed by atoms with E-state index in [1.54, 1.807) is 6.92 Å². The number of carbonyl (C=O) groups is 1. The molecule has 37 heavy (non-hydrogen) atoms. The minimum Gasteiger partial charge on any atom is -0.494 e. The fourth-order valence-electron chi connectivity index (χ4n) is 6.14. The molecule has 1 aromatic heterocycles. The van der Waals surface area contributed by atoms with Gasteiger partial charge in [0.05, 0.1) is 17.0 Å². The van der Waals surface area contributed by atoms with Gasteiger partial charge >= 0.3 is 5.69 Å². The second-order valence-electron chi connectivity index (χ2n) is 10.8. The van der Waals surface area contributed by atoms with Gasteiger partial charge in [-0.2, -0.15) is 10.1 Å². The van der Waals surface area contributed by atoms with Gasteiger partial charge in [-0.3, -0.25) is 18.7 Å². The average molecular weight is 505 g/mol. The molecule has 2 aromatic rings. The van der Waals surface area contributed by atoms with Gasteiger partial charge < -0.3 is 5.11 Å².